The van der Waals surface area contributed by atoms with Gasteiger partial charge in [-0.3, -0.25) is 0 Å². The van der Waals surface area contributed by atoms with Crippen LogP contribution in [0.1, 0.15) is 36.4 Å². The summed E-state index contributed by atoms with van der Waals surface area (Å²) in [7, 11) is 0. The lowest BCUT2D eigenvalue weighted by Crippen LogP contribution is -2.21. The highest BCUT2D eigenvalue weighted by Gasteiger charge is 2.13. The summed E-state index contributed by atoms with van der Waals surface area (Å²) < 4.78 is 4.87. The van der Waals surface area contributed by atoms with Crippen LogP contribution in [0.5, 0.6) is 0 Å². The molecule has 0 aromatic carbocycles. The van der Waals surface area contributed by atoms with Crippen molar-refractivity contribution in [1.29, 1.82) is 0 Å². The molecule has 0 saturated heterocycles. The Kier molecular flexibility index (Phi) is 4.37. The summed E-state index contributed by atoms with van der Waals surface area (Å²) in [4.78, 5) is 10.7. The summed E-state index contributed by atoms with van der Waals surface area (Å²) in [5.74, 6) is -0.378. The zero-order valence-corrected chi connectivity index (χ0v) is 9.12. The van der Waals surface area contributed by atoms with Crippen LogP contribution in [0.15, 0.2) is 16.7 Å². The molecule has 0 fully saturated rings. The number of rotatable bonds is 6. The average molecular weight is 211 g/mol. The number of carboxylic acids is 1. The van der Waals surface area contributed by atoms with E-state index >= 15 is 0 Å². The van der Waals surface area contributed by atoms with Gasteiger partial charge in [0, 0.05) is 12.1 Å². The standard InChI is InChI=1S/C11H17NO3/c1-3-8(2)6-12-7-9-4-5-15-10(9)11(13)14/h4-5,8,12H,3,6-7H2,1-2H3,(H,13,14). The van der Waals surface area contributed by atoms with E-state index in [1.54, 1.807) is 6.07 Å². The molecule has 1 aromatic rings. The van der Waals surface area contributed by atoms with E-state index in [0.717, 1.165) is 13.0 Å². The highest BCUT2D eigenvalue weighted by molar-refractivity contribution is 5.86. The molecule has 0 radical (unpaired) electrons. The van der Waals surface area contributed by atoms with E-state index in [0.29, 0.717) is 18.0 Å². The average Bonchev–Trinajstić information content (AvgIpc) is 2.65. The van der Waals surface area contributed by atoms with Gasteiger partial charge in [0.1, 0.15) is 0 Å². The van der Waals surface area contributed by atoms with Gasteiger partial charge in [-0.15, -0.1) is 0 Å². The Morgan fingerprint density at radius 3 is 3.00 bits per heavy atom. The van der Waals surface area contributed by atoms with E-state index in [1.165, 1.54) is 6.26 Å². The van der Waals surface area contributed by atoms with Crippen LogP contribution in [0.25, 0.3) is 0 Å². The zero-order valence-electron chi connectivity index (χ0n) is 9.12. The van der Waals surface area contributed by atoms with Gasteiger partial charge < -0.3 is 14.8 Å². The molecule has 1 aromatic heterocycles. The fourth-order valence-corrected chi connectivity index (χ4v) is 1.26. The molecule has 0 aliphatic rings. The van der Waals surface area contributed by atoms with Crippen molar-refractivity contribution >= 4 is 5.97 Å². The van der Waals surface area contributed by atoms with Crippen LogP contribution in [0.2, 0.25) is 0 Å². The topological polar surface area (TPSA) is 62.5 Å². The first-order valence-electron chi connectivity index (χ1n) is 5.15. The van der Waals surface area contributed by atoms with Crippen LogP contribution in [0.4, 0.5) is 0 Å². The van der Waals surface area contributed by atoms with Gasteiger partial charge in [-0.2, -0.15) is 0 Å². The van der Waals surface area contributed by atoms with Crippen molar-refractivity contribution in [2.45, 2.75) is 26.8 Å². The lowest BCUT2D eigenvalue weighted by molar-refractivity contribution is 0.0660. The van der Waals surface area contributed by atoms with E-state index < -0.39 is 5.97 Å². The Morgan fingerprint density at radius 1 is 1.67 bits per heavy atom. The highest BCUT2D eigenvalue weighted by atomic mass is 16.4. The van der Waals surface area contributed by atoms with Crippen LogP contribution in [0, 0.1) is 5.92 Å². The molecule has 0 amide bonds. The predicted octanol–water partition coefficient (Wildman–Crippen LogP) is 2.11. The van der Waals surface area contributed by atoms with Gasteiger partial charge in [0.25, 0.3) is 0 Å². The molecule has 15 heavy (non-hydrogen) atoms. The van der Waals surface area contributed by atoms with Crippen molar-refractivity contribution in [2.75, 3.05) is 6.54 Å². The van der Waals surface area contributed by atoms with Crippen molar-refractivity contribution in [3.8, 4) is 0 Å². The van der Waals surface area contributed by atoms with Gasteiger partial charge in [-0.05, 0) is 18.5 Å². The number of nitrogens with one attached hydrogen (secondary N) is 1. The lowest BCUT2D eigenvalue weighted by atomic mass is 10.1. The van der Waals surface area contributed by atoms with Crippen LogP contribution in [-0.4, -0.2) is 17.6 Å². The van der Waals surface area contributed by atoms with Crippen molar-refractivity contribution in [3.63, 3.8) is 0 Å². The second kappa shape index (κ2) is 5.56. The number of furan rings is 1. The molecule has 0 spiro atoms. The third-order valence-corrected chi connectivity index (χ3v) is 2.45. The molecule has 2 N–H and O–H groups in total. The maximum Gasteiger partial charge on any atom is 0.372 e. The molecule has 1 rings (SSSR count). The summed E-state index contributed by atoms with van der Waals surface area (Å²) in [5, 5.41) is 12.0. The summed E-state index contributed by atoms with van der Waals surface area (Å²) in [6.45, 7) is 5.72. The second-order valence-corrected chi connectivity index (χ2v) is 3.72. The SMILES string of the molecule is CCC(C)CNCc1ccoc1C(=O)O. The molecule has 1 unspecified atom stereocenters. The Morgan fingerprint density at radius 2 is 2.40 bits per heavy atom. The lowest BCUT2D eigenvalue weighted by Gasteiger charge is -2.09. The predicted molar refractivity (Wildman–Crippen MR) is 56.8 cm³/mol. The normalized spacial score (nSPS) is 12.7. The molecule has 0 saturated carbocycles. The molecule has 0 aliphatic carbocycles. The van der Waals surface area contributed by atoms with E-state index in [-0.39, 0.29) is 5.76 Å². The minimum absolute atomic E-state index is 0.0339. The third kappa shape index (κ3) is 3.40. The first kappa shape index (κ1) is 11.8. The fourth-order valence-electron chi connectivity index (χ4n) is 1.26. The zero-order chi connectivity index (χ0) is 11.3. The van der Waals surface area contributed by atoms with Gasteiger partial charge >= 0.3 is 5.97 Å². The smallest absolute Gasteiger partial charge is 0.372 e. The number of hydrogen-bond acceptors (Lipinski definition) is 3. The third-order valence-electron chi connectivity index (χ3n) is 2.45. The van der Waals surface area contributed by atoms with Crippen molar-refractivity contribution in [1.82, 2.24) is 5.32 Å². The molecule has 1 atom stereocenters. The van der Waals surface area contributed by atoms with Gasteiger partial charge in [-0.1, -0.05) is 20.3 Å². The minimum atomic E-state index is -1.01. The van der Waals surface area contributed by atoms with E-state index in [4.69, 9.17) is 9.52 Å². The number of carbonyl (C=O) groups is 1. The van der Waals surface area contributed by atoms with E-state index in [9.17, 15) is 4.79 Å². The Hall–Kier alpha value is -1.29. The molecule has 1 heterocycles. The van der Waals surface area contributed by atoms with E-state index in [2.05, 4.69) is 19.2 Å². The van der Waals surface area contributed by atoms with Gasteiger partial charge in [0.05, 0.1) is 6.26 Å². The van der Waals surface area contributed by atoms with Gasteiger partial charge in [0.2, 0.25) is 5.76 Å². The maximum absolute atomic E-state index is 10.7. The summed E-state index contributed by atoms with van der Waals surface area (Å²) >= 11 is 0. The molecule has 0 bridgehead atoms. The van der Waals surface area contributed by atoms with Crippen molar-refractivity contribution < 1.29 is 14.3 Å². The maximum atomic E-state index is 10.7. The van der Waals surface area contributed by atoms with Crippen LogP contribution in [-0.2, 0) is 6.54 Å². The first-order chi connectivity index (χ1) is 7.15. The molecular formula is C11H17NO3. The van der Waals surface area contributed by atoms with Crippen LogP contribution >= 0.6 is 0 Å². The summed E-state index contributed by atoms with van der Waals surface area (Å²) in [6, 6.07) is 1.69. The fraction of sp³-hybridized carbons (Fsp3) is 0.545. The number of aromatic carboxylic acids is 1. The monoisotopic (exact) mass is 211 g/mol. The Labute approximate surface area is 89.3 Å². The largest absolute Gasteiger partial charge is 0.475 e. The molecule has 4 heteroatoms. The highest BCUT2D eigenvalue weighted by Crippen LogP contribution is 2.10. The molecular weight excluding hydrogens is 194 g/mol. The van der Waals surface area contributed by atoms with Gasteiger partial charge in [0.15, 0.2) is 0 Å². The summed E-state index contributed by atoms with van der Waals surface area (Å²) in [6.07, 6.45) is 2.52. The second-order valence-electron chi connectivity index (χ2n) is 3.72. The van der Waals surface area contributed by atoms with E-state index in [1.807, 2.05) is 0 Å². The van der Waals surface area contributed by atoms with Crippen LogP contribution < -0.4 is 5.32 Å². The Balaban J connectivity index is 2.44. The quantitative estimate of drug-likeness (QED) is 0.756. The Bertz CT molecular complexity index is 319. The van der Waals surface area contributed by atoms with Crippen molar-refractivity contribution in [3.05, 3.63) is 23.7 Å². The number of hydrogen-bond donors (Lipinski definition) is 2. The van der Waals surface area contributed by atoms with Crippen LogP contribution in [0.3, 0.4) is 0 Å². The number of carboxylic acid groups (broad SMARTS) is 1. The molecule has 84 valence electrons. The summed E-state index contributed by atoms with van der Waals surface area (Å²) in [5.41, 5.74) is 0.700. The van der Waals surface area contributed by atoms with Gasteiger partial charge in [-0.25, -0.2) is 4.79 Å². The first-order valence-corrected chi connectivity index (χ1v) is 5.15. The molecule has 4 nitrogen and oxygen atoms in total. The minimum Gasteiger partial charge on any atom is -0.475 e. The molecule has 0 aliphatic heterocycles. The van der Waals surface area contributed by atoms with Crippen molar-refractivity contribution in [2.24, 2.45) is 5.92 Å².